The molecular weight excluding hydrogens is 276 g/mol. The van der Waals surface area contributed by atoms with Gasteiger partial charge < -0.3 is 0 Å². The normalized spacial score (nSPS) is 10.5. The quantitative estimate of drug-likeness (QED) is 0.594. The molecule has 2 aromatic carbocycles. The number of hydrogen-bond acceptors (Lipinski definition) is 2. The molecular formula is C16H15ClOS. The molecule has 0 aliphatic heterocycles. The Kier molecular flexibility index (Phi) is 4.67. The average Bonchev–Trinajstić information content (AvgIpc) is 2.41. The first-order valence-corrected chi connectivity index (χ1v) is 7.63. The first-order chi connectivity index (χ1) is 9.11. The van der Waals surface area contributed by atoms with Crippen LogP contribution < -0.4 is 0 Å². The lowest BCUT2D eigenvalue weighted by molar-refractivity contribution is 0.0990. The van der Waals surface area contributed by atoms with Gasteiger partial charge in [0.05, 0.1) is 0 Å². The zero-order valence-corrected chi connectivity index (χ0v) is 12.5. The number of hydrogen-bond donors (Lipinski definition) is 0. The molecule has 0 heterocycles. The molecule has 3 heteroatoms. The molecule has 2 rings (SSSR count). The third kappa shape index (κ3) is 3.40. The van der Waals surface area contributed by atoms with Gasteiger partial charge in [0, 0.05) is 21.9 Å². The van der Waals surface area contributed by atoms with E-state index in [-0.39, 0.29) is 5.78 Å². The van der Waals surface area contributed by atoms with Gasteiger partial charge in [0.15, 0.2) is 5.78 Å². The Morgan fingerprint density at radius 2 is 1.95 bits per heavy atom. The number of carbonyl (C=O) groups is 1. The molecule has 0 aliphatic carbocycles. The minimum atomic E-state index is 0.107. The summed E-state index contributed by atoms with van der Waals surface area (Å²) in [5, 5.41) is 0.662. The number of Topliss-reactive ketones (excluding diaryl/α,β-unsaturated/α-hetero) is 1. The van der Waals surface area contributed by atoms with Crippen molar-refractivity contribution < 1.29 is 4.79 Å². The molecule has 0 bridgehead atoms. The lowest BCUT2D eigenvalue weighted by Crippen LogP contribution is -2.05. The molecule has 0 saturated carbocycles. The van der Waals surface area contributed by atoms with Gasteiger partial charge in [0.25, 0.3) is 0 Å². The Bertz CT molecular complexity index is 607. The fourth-order valence-electron chi connectivity index (χ4n) is 1.94. The number of benzene rings is 2. The number of ketones is 1. The summed E-state index contributed by atoms with van der Waals surface area (Å²) in [4.78, 5) is 13.4. The molecule has 0 saturated heterocycles. The van der Waals surface area contributed by atoms with Gasteiger partial charge in [-0.05, 0) is 36.4 Å². The smallest absolute Gasteiger partial charge is 0.168 e. The van der Waals surface area contributed by atoms with Crippen LogP contribution in [0.15, 0.2) is 47.4 Å². The third-order valence-electron chi connectivity index (χ3n) is 2.97. The SMILES string of the molecule is CSc1ccccc1C(=O)Cc1ccc(C)cc1Cl. The zero-order valence-electron chi connectivity index (χ0n) is 10.9. The van der Waals surface area contributed by atoms with Crippen molar-refractivity contribution in [1.29, 1.82) is 0 Å². The largest absolute Gasteiger partial charge is 0.294 e. The molecule has 0 radical (unpaired) electrons. The van der Waals surface area contributed by atoms with E-state index in [1.807, 2.05) is 55.6 Å². The fourth-order valence-corrected chi connectivity index (χ4v) is 2.86. The predicted molar refractivity (Wildman–Crippen MR) is 82.4 cm³/mol. The van der Waals surface area contributed by atoms with E-state index in [4.69, 9.17) is 11.6 Å². The maximum atomic E-state index is 12.4. The molecule has 0 N–H and O–H groups in total. The fraction of sp³-hybridized carbons (Fsp3) is 0.188. The van der Waals surface area contributed by atoms with Crippen LogP contribution in [0.2, 0.25) is 5.02 Å². The Hall–Kier alpha value is -1.25. The summed E-state index contributed by atoms with van der Waals surface area (Å²) in [7, 11) is 0. The van der Waals surface area contributed by atoms with Crippen molar-refractivity contribution in [2.75, 3.05) is 6.26 Å². The number of halogens is 1. The molecule has 0 spiro atoms. The van der Waals surface area contributed by atoms with E-state index in [0.29, 0.717) is 11.4 Å². The number of rotatable bonds is 4. The van der Waals surface area contributed by atoms with Gasteiger partial charge in [-0.2, -0.15) is 0 Å². The summed E-state index contributed by atoms with van der Waals surface area (Å²) in [6.07, 6.45) is 2.32. The van der Waals surface area contributed by atoms with Crippen molar-refractivity contribution in [1.82, 2.24) is 0 Å². The summed E-state index contributed by atoms with van der Waals surface area (Å²) in [5.74, 6) is 0.107. The van der Waals surface area contributed by atoms with E-state index in [0.717, 1.165) is 21.6 Å². The van der Waals surface area contributed by atoms with Gasteiger partial charge in [0.2, 0.25) is 0 Å². The number of carbonyl (C=O) groups excluding carboxylic acids is 1. The highest BCUT2D eigenvalue weighted by Gasteiger charge is 2.12. The maximum absolute atomic E-state index is 12.4. The average molecular weight is 291 g/mol. The van der Waals surface area contributed by atoms with Gasteiger partial charge in [0.1, 0.15) is 0 Å². The van der Waals surface area contributed by atoms with Crippen LogP contribution in [0.4, 0.5) is 0 Å². The topological polar surface area (TPSA) is 17.1 Å². The van der Waals surface area contributed by atoms with E-state index >= 15 is 0 Å². The lowest BCUT2D eigenvalue weighted by atomic mass is 10.0. The van der Waals surface area contributed by atoms with Crippen LogP contribution >= 0.6 is 23.4 Å². The molecule has 19 heavy (non-hydrogen) atoms. The first kappa shape index (κ1) is 14.2. The van der Waals surface area contributed by atoms with Crippen molar-refractivity contribution in [3.05, 3.63) is 64.2 Å². The van der Waals surface area contributed by atoms with Crippen LogP contribution in [0.25, 0.3) is 0 Å². The molecule has 0 fully saturated rings. The van der Waals surface area contributed by atoms with Crippen molar-refractivity contribution in [3.63, 3.8) is 0 Å². The Balaban J connectivity index is 2.26. The van der Waals surface area contributed by atoms with E-state index in [1.165, 1.54) is 0 Å². The van der Waals surface area contributed by atoms with Gasteiger partial charge in [-0.15, -0.1) is 11.8 Å². The van der Waals surface area contributed by atoms with Crippen molar-refractivity contribution in [2.24, 2.45) is 0 Å². The molecule has 0 aromatic heterocycles. The van der Waals surface area contributed by atoms with Crippen LogP contribution in [-0.4, -0.2) is 12.0 Å². The molecule has 0 amide bonds. The van der Waals surface area contributed by atoms with E-state index in [2.05, 4.69) is 0 Å². The van der Waals surface area contributed by atoms with Crippen molar-refractivity contribution >= 4 is 29.1 Å². The van der Waals surface area contributed by atoms with Crippen LogP contribution in [0.1, 0.15) is 21.5 Å². The first-order valence-electron chi connectivity index (χ1n) is 6.03. The minimum Gasteiger partial charge on any atom is -0.294 e. The van der Waals surface area contributed by atoms with E-state index in [1.54, 1.807) is 11.8 Å². The Morgan fingerprint density at radius 3 is 2.63 bits per heavy atom. The molecule has 0 atom stereocenters. The van der Waals surface area contributed by atoms with Crippen molar-refractivity contribution in [3.8, 4) is 0 Å². The highest BCUT2D eigenvalue weighted by atomic mass is 35.5. The van der Waals surface area contributed by atoms with Gasteiger partial charge in [-0.1, -0.05) is 41.9 Å². The monoisotopic (exact) mass is 290 g/mol. The second-order valence-corrected chi connectivity index (χ2v) is 5.65. The predicted octanol–water partition coefficient (Wildman–Crippen LogP) is 4.80. The summed E-state index contributed by atoms with van der Waals surface area (Å²) in [5.41, 5.74) is 2.76. The molecule has 0 unspecified atom stereocenters. The number of thioether (sulfide) groups is 1. The molecule has 98 valence electrons. The number of aryl methyl sites for hydroxylation is 1. The van der Waals surface area contributed by atoms with E-state index < -0.39 is 0 Å². The highest BCUT2D eigenvalue weighted by Crippen LogP contribution is 2.24. The standard InChI is InChI=1S/C16H15ClOS/c1-11-7-8-12(14(17)9-11)10-15(18)13-5-3-4-6-16(13)19-2/h3-9H,10H2,1-2H3. The van der Waals surface area contributed by atoms with Gasteiger partial charge in [-0.3, -0.25) is 4.79 Å². The lowest BCUT2D eigenvalue weighted by Gasteiger charge is -2.08. The Labute approximate surface area is 123 Å². The minimum absolute atomic E-state index is 0.107. The van der Waals surface area contributed by atoms with Gasteiger partial charge in [-0.25, -0.2) is 0 Å². The second-order valence-electron chi connectivity index (χ2n) is 4.40. The molecule has 0 aliphatic rings. The third-order valence-corrected chi connectivity index (χ3v) is 4.11. The van der Waals surface area contributed by atoms with Crippen LogP contribution in [0.5, 0.6) is 0 Å². The van der Waals surface area contributed by atoms with Crippen molar-refractivity contribution in [2.45, 2.75) is 18.2 Å². The maximum Gasteiger partial charge on any atom is 0.168 e. The van der Waals surface area contributed by atoms with Crippen LogP contribution in [-0.2, 0) is 6.42 Å². The summed E-state index contributed by atoms with van der Waals surface area (Å²) >= 11 is 7.76. The summed E-state index contributed by atoms with van der Waals surface area (Å²) < 4.78 is 0. The Morgan fingerprint density at radius 1 is 1.21 bits per heavy atom. The van der Waals surface area contributed by atoms with Gasteiger partial charge >= 0.3 is 0 Å². The van der Waals surface area contributed by atoms with Crippen LogP contribution in [0, 0.1) is 6.92 Å². The molecule has 2 aromatic rings. The van der Waals surface area contributed by atoms with Crippen LogP contribution in [0.3, 0.4) is 0 Å². The summed E-state index contributed by atoms with van der Waals surface area (Å²) in [6, 6.07) is 13.5. The summed E-state index contributed by atoms with van der Waals surface area (Å²) in [6.45, 7) is 1.99. The second kappa shape index (κ2) is 6.27. The van der Waals surface area contributed by atoms with E-state index in [9.17, 15) is 4.79 Å². The zero-order chi connectivity index (χ0) is 13.8. The highest BCUT2D eigenvalue weighted by molar-refractivity contribution is 7.98. The molecule has 1 nitrogen and oxygen atoms in total.